The third-order valence-electron chi connectivity index (χ3n) is 5.63. The molecule has 0 bridgehead atoms. The van der Waals surface area contributed by atoms with E-state index in [1.165, 1.54) is 13.3 Å². The number of nitrogens with zero attached hydrogens (tertiary/aromatic N) is 1. The molecule has 13 nitrogen and oxygen atoms in total. The first-order valence-corrected chi connectivity index (χ1v) is 12.9. The Bertz CT molecular complexity index is 1300. The normalized spacial score (nSPS) is 15.4. The van der Waals surface area contributed by atoms with E-state index in [0.29, 0.717) is 40.7 Å². The molecule has 2 aromatic rings. The first kappa shape index (κ1) is 30.8. The summed E-state index contributed by atoms with van der Waals surface area (Å²) in [5, 5.41) is 19.6. The van der Waals surface area contributed by atoms with Crippen LogP contribution in [0.3, 0.4) is 0 Å². The highest BCUT2D eigenvalue weighted by Gasteiger charge is 2.32. The predicted molar refractivity (Wildman–Crippen MR) is 148 cm³/mol. The molecule has 1 aliphatic heterocycles. The fourth-order valence-corrected chi connectivity index (χ4v) is 3.85. The third-order valence-corrected chi connectivity index (χ3v) is 5.63. The number of hydrazone groups is 1. The van der Waals surface area contributed by atoms with Crippen molar-refractivity contribution in [1.82, 2.24) is 16.1 Å². The molecule has 0 spiro atoms. The lowest BCUT2D eigenvalue weighted by Crippen LogP contribution is -2.45. The Morgan fingerprint density at radius 2 is 1.90 bits per heavy atom. The molecule has 2 atom stereocenters. The lowest BCUT2D eigenvalue weighted by Gasteiger charge is -2.28. The summed E-state index contributed by atoms with van der Waals surface area (Å²) in [6.07, 6.45) is 0.312. The number of hydrogen-bond donors (Lipinski definition) is 4. The molecule has 13 heteroatoms. The van der Waals surface area contributed by atoms with Crippen LogP contribution in [0.15, 0.2) is 58.8 Å². The zero-order valence-electron chi connectivity index (χ0n) is 23.3. The average molecular weight is 571 g/mol. The fourth-order valence-electron chi connectivity index (χ4n) is 3.85. The van der Waals surface area contributed by atoms with E-state index in [4.69, 9.17) is 23.7 Å². The van der Waals surface area contributed by atoms with Crippen molar-refractivity contribution in [1.29, 1.82) is 0 Å². The SMILES string of the molecule is CCOC(=O)COc1cccc(/C=N/N[C@H](O)COc2ccc([C@H]3NC(=O)NC(C)=C3C(=O)OC)cc2OCC)c1. The Morgan fingerprint density at radius 3 is 2.63 bits per heavy atom. The molecular formula is C28H34N4O9. The van der Waals surface area contributed by atoms with Gasteiger partial charge in [-0.2, -0.15) is 5.10 Å². The number of amides is 2. The molecule has 2 aromatic carbocycles. The molecule has 220 valence electrons. The smallest absolute Gasteiger partial charge is 0.344 e. The van der Waals surface area contributed by atoms with Gasteiger partial charge in [-0.3, -0.25) is 5.43 Å². The highest BCUT2D eigenvalue weighted by molar-refractivity contribution is 5.95. The van der Waals surface area contributed by atoms with E-state index in [-0.39, 0.29) is 25.4 Å². The second kappa shape index (κ2) is 15.1. The van der Waals surface area contributed by atoms with Crippen molar-refractivity contribution in [2.24, 2.45) is 5.10 Å². The number of benzene rings is 2. The zero-order valence-corrected chi connectivity index (χ0v) is 23.3. The monoisotopic (exact) mass is 570 g/mol. The van der Waals surface area contributed by atoms with E-state index in [9.17, 15) is 19.5 Å². The average Bonchev–Trinajstić information content (AvgIpc) is 2.95. The van der Waals surface area contributed by atoms with Crippen LogP contribution in [0.1, 0.15) is 37.9 Å². The van der Waals surface area contributed by atoms with Gasteiger partial charge in [-0.1, -0.05) is 18.2 Å². The Morgan fingerprint density at radius 1 is 1.10 bits per heavy atom. The maximum atomic E-state index is 12.4. The Kier molecular flexibility index (Phi) is 11.3. The van der Waals surface area contributed by atoms with E-state index in [2.05, 4.69) is 21.2 Å². The van der Waals surface area contributed by atoms with Gasteiger partial charge in [0.1, 0.15) is 12.4 Å². The number of aliphatic hydroxyl groups is 1. The molecule has 0 saturated heterocycles. The van der Waals surface area contributed by atoms with Gasteiger partial charge in [-0.15, -0.1) is 0 Å². The summed E-state index contributed by atoms with van der Waals surface area (Å²) in [5.41, 5.74) is 4.46. The quantitative estimate of drug-likeness (QED) is 0.114. The van der Waals surface area contributed by atoms with Crippen molar-refractivity contribution in [2.75, 3.05) is 33.5 Å². The number of aliphatic hydroxyl groups excluding tert-OH is 1. The maximum Gasteiger partial charge on any atom is 0.344 e. The molecule has 0 radical (unpaired) electrons. The van der Waals surface area contributed by atoms with Crippen molar-refractivity contribution in [3.63, 3.8) is 0 Å². The lowest BCUT2D eigenvalue weighted by atomic mass is 9.95. The first-order valence-electron chi connectivity index (χ1n) is 12.9. The van der Waals surface area contributed by atoms with Gasteiger partial charge in [0.2, 0.25) is 0 Å². The number of esters is 2. The highest BCUT2D eigenvalue weighted by atomic mass is 16.6. The molecule has 4 N–H and O–H groups in total. The van der Waals surface area contributed by atoms with E-state index in [1.807, 2.05) is 0 Å². The van der Waals surface area contributed by atoms with Crippen molar-refractivity contribution < 1.29 is 43.2 Å². The second-order valence-electron chi connectivity index (χ2n) is 8.58. The van der Waals surface area contributed by atoms with Crippen molar-refractivity contribution in [2.45, 2.75) is 33.0 Å². The Balaban J connectivity index is 1.62. The van der Waals surface area contributed by atoms with Gasteiger partial charge in [-0.05, 0) is 56.2 Å². The molecule has 0 aliphatic carbocycles. The van der Waals surface area contributed by atoms with Gasteiger partial charge < -0.3 is 39.4 Å². The second-order valence-corrected chi connectivity index (χ2v) is 8.58. The summed E-state index contributed by atoms with van der Waals surface area (Å²) in [6.45, 7) is 5.36. The first-order chi connectivity index (χ1) is 19.7. The number of urea groups is 1. The molecule has 3 rings (SSSR count). The topological polar surface area (TPSA) is 166 Å². The minimum atomic E-state index is -1.16. The summed E-state index contributed by atoms with van der Waals surface area (Å²) in [4.78, 5) is 36.0. The van der Waals surface area contributed by atoms with Crippen LogP contribution in [0.2, 0.25) is 0 Å². The molecule has 41 heavy (non-hydrogen) atoms. The van der Waals surface area contributed by atoms with Gasteiger partial charge in [0.05, 0.1) is 38.2 Å². The fraction of sp³-hybridized carbons (Fsp3) is 0.357. The molecule has 0 unspecified atom stereocenters. The molecular weight excluding hydrogens is 536 g/mol. The number of carbonyl (C=O) groups is 3. The van der Waals surface area contributed by atoms with Crippen LogP contribution in [0.25, 0.3) is 0 Å². The van der Waals surface area contributed by atoms with Crippen LogP contribution >= 0.6 is 0 Å². The van der Waals surface area contributed by atoms with Gasteiger partial charge in [0, 0.05) is 5.70 Å². The third kappa shape index (κ3) is 8.86. The summed E-state index contributed by atoms with van der Waals surface area (Å²) in [5.74, 6) is 0.118. The summed E-state index contributed by atoms with van der Waals surface area (Å²) in [7, 11) is 1.27. The van der Waals surface area contributed by atoms with E-state index >= 15 is 0 Å². The van der Waals surface area contributed by atoms with Gasteiger partial charge >= 0.3 is 18.0 Å². The molecule has 0 fully saturated rings. The zero-order chi connectivity index (χ0) is 29.8. The number of nitrogens with one attached hydrogen (secondary N) is 3. The van der Waals surface area contributed by atoms with E-state index < -0.39 is 30.2 Å². The number of methoxy groups -OCH3 is 1. The van der Waals surface area contributed by atoms with Crippen LogP contribution < -0.4 is 30.3 Å². The predicted octanol–water partition coefficient (Wildman–Crippen LogP) is 2.15. The van der Waals surface area contributed by atoms with E-state index in [1.54, 1.807) is 63.2 Å². The number of hydrogen-bond acceptors (Lipinski definition) is 11. The van der Waals surface area contributed by atoms with Crippen molar-refractivity contribution in [3.8, 4) is 17.2 Å². The molecule has 1 heterocycles. The minimum Gasteiger partial charge on any atom is -0.490 e. The maximum absolute atomic E-state index is 12.4. The summed E-state index contributed by atoms with van der Waals surface area (Å²) in [6, 6.07) is 10.6. The van der Waals surface area contributed by atoms with Crippen LogP contribution in [0, 0.1) is 0 Å². The van der Waals surface area contributed by atoms with Crippen LogP contribution in [0.4, 0.5) is 4.79 Å². The van der Waals surface area contributed by atoms with Crippen molar-refractivity contribution in [3.05, 3.63) is 64.9 Å². The Labute approximate surface area is 237 Å². The van der Waals surface area contributed by atoms with Crippen molar-refractivity contribution >= 4 is 24.2 Å². The van der Waals surface area contributed by atoms with Gasteiger partial charge in [-0.25, -0.2) is 14.4 Å². The number of carbonyl (C=O) groups excluding carboxylic acids is 3. The lowest BCUT2D eigenvalue weighted by molar-refractivity contribution is -0.145. The van der Waals surface area contributed by atoms with Crippen LogP contribution in [0.5, 0.6) is 17.2 Å². The van der Waals surface area contributed by atoms with Crippen LogP contribution in [-0.2, 0) is 19.1 Å². The van der Waals surface area contributed by atoms with Gasteiger partial charge in [0.15, 0.2) is 24.3 Å². The Hall–Kier alpha value is -4.78. The highest BCUT2D eigenvalue weighted by Crippen LogP contribution is 2.34. The number of ether oxygens (including phenoxy) is 5. The molecule has 0 aromatic heterocycles. The largest absolute Gasteiger partial charge is 0.490 e. The number of rotatable bonds is 14. The van der Waals surface area contributed by atoms with Crippen LogP contribution in [-0.4, -0.2) is 69.1 Å². The number of allylic oxidation sites excluding steroid dienone is 1. The summed E-state index contributed by atoms with van der Waals surface area (Å²) < 4.78 is 26.6. The molecule has 0 saturated carbocycles. The summed E-state index contributed by atoms with van der Waals surface area (Å²) >= 11 is 0. The van der Waals surface area contributed by atoms with E-state index in [0.717, 1.165) is 0 Å². The van der Waals surface area contributed by atoms with Gasteiger partial charge in [0.25, 0.3) is 0 Å². The standard InChI is InChI=1S/C28H34N4O9/c1-5-38-22-13-19(26-25(27(35)37-4)17(3)30-28(36)31-26)10-11-21(22)41-15-23(33)32-29-14-18-8-7-9-20(12-18)40-16-24(34)39-6-2/h7-14,23,26,32-33H,5-6,15-16H2,1-4H3,(H2,30,31,36)/b29-14+/t23-,26-/m1/s1. The minimum absolute atomic E-state index is 0.171. The molecule has 2 amide bonds. The molecule has 1 aliphatic rings.